The largest absolute Gasteiger partial charge is 0.383 e. The first-order valence-corrected chi connectivity index (χ1v) is 6.82. The second-order valence-electron chi connectivity index (χ2n) is 5.28. The van der Waals surface area contributed by atoms with Crippen molar-refractivity contribution in [3.8, 4) is 0 Å². The predicted octanol–water partition coefficient (Wildman–Crippen LogP) is 0.572. The van der Waals surface area contributed by atoms with Gasteiger partial charge in [-0.1, -0.05) is 13.8 Å². The zero-order chi connectivity index (χ0) is 13.5. The van der Waals surface area contributed by atoms with E-state index in [4.69, 9.17) is 10.5 Å². The third-order valence-electron chi connectivity index (χ3n) is 3.52. The molecule has 6 heteroatoms. The van der Waals surface area contributed by atoms with Gasteiger partial charge in [0.25, 0.3) is 0 Å². The zero-order valence-corrected chi connectivity index (χ0v) is 13.1. The fourth-order valence-corrected chi connectivity index (χ4v) is 2.13. The lowest BCUT2D eigenvalue weighted by molar-refractivity contribution is -0.133. The summed E-state index contributed by atoms with van der Waals surface area (Å²) in [6, 6.07) is -0.365. The van der Waals surface area contributed by atoms with E-state index in [1.807, 2.05) is 18.7 Å². The number of nitrogens with two attached hydrogens (primary N) is 1. The number of rotatable bonds is 5. The Balaban J connectivity index is 0.00000324. The molecule has 19 heavy (non-hydrogen) atoms. The second-order valence-corrected chi connectivity index (χ2v) is 5.28. The van der Waals surface area contributed by atoms with Crippen LogP contribution in [0, 0.1) is 5.92 Å². The van der Waals surface area contributed by atoms with Gasteiger partial charge in [-0.3, -0.25) is 9.69 Å². The molecule has 1 saturated heterocycles. The van der Waals surface area contributed by atoms with Crippen LogP contribution in [-0.4, -0.2) is 68.2 Å². The van der Waals surface area contributed by atoms with Crippen molar-refractivity contribution in [2.45, 2.75) is 26.3 Å². The molecule has 1 aliphatic rings. The molecule has 1 amide bonds. The summed E-state index contributed by atoms with van der Waals surface area (Å²) in [7, 11) is 1.72. The van der Waals surface area contributed by atoms with Gasteiger partial charge in [0.15, 0.2) is 0 Å². The Morgan fingerprint density at radius 1 is 1.26 bits per heavy atom. The first-order valence-electron chi connectivity index (χ1n) is 6.82. The summed E-state index contributed by atoms with van der Waals surface area (Å²) >= 11 is 0. The van der Waals surface area contributed by atoms with E-state index >= 15 is 0 Å². The maximum absolute atomic E-state index is 12.2. The molecule has 1 fully saturated rings. The molecule has 0 aromatic heterocycles. The Morgan fingerprint density at radius 3 is 2.53 bits per heavy atom. The van der Waals surface area contributed by atoms with Gasteiger partial charge >= 0.3 is 0 Å². The monoisotopic (exact) mass is 293 g/mol. The van der Waals surface area contributed by atoms with E-state index in [0.29, 0.717) is 0 Å². The van der Waals surface area contributed by atoms with Crippen LogP contribution < -0.4 is 5.73 Å². The summed E-state index contributed by atoms with van der Waals surface area (Å²) < 4.78 is 5.09. The molecule has 1 rings (SSSR count). The Morgan fingerprint density at radius 2 is 1.95 bits per heavy atom. The van der Waals surface area contributed by atoms with E-state index < -0.39 is 0 Å². The molecule has 0 aromatic rings. The van der Waals surface area contributed by atoms with Crippen molar-refractivity contribution in [2.24, 2.45) is 11.7 Å². The molecule has 1 unspecified atom stereocenters. The third-order valence-corrected chi connectivity index (χ3v) is 3.52. The van der Waals surface area contributed by atoms with E-state index in [1.165, 1.54) is 0 Å². The highest BCUT2D eigenvalue weighted by Crippen LogP contribution is 2.08. The predicted molar refractivity (Wildman–Crippen MR) is 79.6 cm³/mol. The standard InChI is InChI=1S/C13H27N3O2.ClH/c1-11(2)12(14)13(17)16-6-4-5-15(7-8-16)9-10-18-3;/h11-12H,4-10,14H2,1-3H3;1H. The summed E-state index contributed by atoms with van der Waals surface area (Å²) in [6.07, 6.45) is 1.01. The third kappa shape index (κ3) is 6.08. The number of hydrogen-bond acceptors (Lipinski definition) is 4. The molecule has 0 aliphatic carbocycles. The number of nitrogens with zero attached hydrogens (tertiary/aromatic N) is 2. The van der Waals surface area contributed by atoms with Crippen LogP contribution in [0.3, 0.4) is 0 Å². The molecule has 0 spiro atoms. The minimum absolute atomic E-state index is 0. The molecule has 1 atom stereocenters. The number of methoxy groups -OCH3 is 1. The van der Waals surface area contributed by atoms with Crippen molar-refractivity contribution >= 4 is 18.3 Å². The maximum atomic E-state index is 12.2. The lowest BCUT2D eigenvalue weighted by Crippen LogP contribution is -2.47. The van der Waals surface area contributed by atoms with Gasteiger partial charge in [0, 0.05) is 33.3 Å². The normalized spacial score (nSPS) is 18.9. The van der Waals surface area contributed by atoms with Crippen LogP contribution in [0.1, 0.15) is 20.3 Å². The first kappa shape index (κ1) is 18.6. The molecule has 0 saturated carbocycles. The highest BCUT2D eigenvalue weighted by atomic mass is 35.5. The van der Waals surface area contributed by atoms with Crippen molar-refractivity contribution < 1.29 is 9.53 Å². The summed E-state index contributed by atoms with van der Waals surface area (Å²) in [6.45, 7) is 9.22. The fraction of sp³-hybridized carbons (Fsp3) is 0.923. The Bertz CT molecular complexity index is 264. The summed E-state index contributed by atoms with van der Waals surface area (Å²) in [5, 5.41) is 0. The summed E-state index contributed by atoms with van der Waals surface area (Å²) in [5.41, 5.74) is 5.93. The van der Waals surface area contributed by atoms with Crippen LogP contribution in [0.25, 0.3) is 0 Å². The number of hydrogen-bond donors (Lipinski definition) is 1. The molecule has 1 aliphatic heterocycles. The van der Waals surface area contributed by atoms with E-state index in [1.54, 1.807) is 7.11 Å². The van der Waals surface area contributed by atoms with Gasteiger partial charge in [0.2, 0.25) is 5.91 Å². The van der Waals surface area contributed by atoms with Crippen LogP contribution in [0.5, 0.6) is 0 Å². The van der Waals surface area contributed by atoms with Crippen molar-refractivity contribution in [3.63, 3.8) is 0 Å². The summed E-state index contributed by atoms with van der Waals surface area (Å²) in [5.74, 6) is 0.295. The van der Waals surface area contributed by atoms with E-state index in [9.17, 15) is 4.79 Å². The second kappa shape index (κ2) is 9.53. The highest BCUT2D eigenvalue weighted by molar-refractivity contribution is 5.85. The number of carbonyl (C=O) groups excluding carboxylic acids is 1. The lowest BCUT2D eigenvalue weighted by atomic mass is 10.0. The minimum atomic E-state index is -0.365. The molecule has 114 valence electrons. The Labute approximate surface area is 122 Å². The molecular formula is C13H28ClN3O2. The van der Waals surface area contributed by atoms with Crippen molar-refractivity contribution in [1.29, 1.82) is 0 Å². The van der Waals surface area contributed by atoms with E-state index in [-0.39, 0.29) is 30.3 Å². The average Bonchev–Trinajstić information content (AvgIpc) is 2.59. The fourth-order valence-electron chi connectivity index (χ4n) is 2.13. The van der Waals surface area contributed by atoms with Crippen LogP contribution in [0.4, 0.5) is 0 Å². The number of halogens is 1. The quantitative estimate of drug-likeness (QED) is 0.805. The van der Waals surface area contributed by atoms with E-state index in [0.717, 1.165) is 45.8 Å². The number of amides is 1. The van der Waals surface area contributed by atoms with Crippen molar-refractivity contribution in [1.82, 2.24) is 9.80 Å². The minimum Gasteiger partial charge on any atom is -0.383 e. The number of ether oxygens (including phenoxy) is 1. The molecule has 0 aromatic carbocycles. The van der Waals surface area contributed by atoms with Gasteiger partial charge in [-0.2, -0.15) is 0 Å². The molecular weight excluding hydrogens is 266 g/mol. The molecule has 0 bridgehead atoms. The molecule has 0 radical (unpaired) electrons. The van der Waals surface area contributed by atoms with Gasteiger partial charge in [-0.15, -0.1) is 12.4 Å². The van der Waals surface area contributed by atoms with Gasteiger partial charge in [0.05, 0.1) is 12.6 Å². The summed E-state index contributed by atoms with van der Waals surface area (Å²) in [4.78, 5) is 16.4. The van der Waals surface area contributed by atoms with Gasteiger partial charge < -0.3 is 15.4 Å². The van der Waals surface area contributed by atoms with Crippen LogP contribution in [-0.2, 0) is 9.53 Å². The molecule has 5 nitrogen and oxygen atoms in total. The average molecular weight is 294 g/mol. The molecule has 2 N–H and O–H groups in total. The maximum Gasteiger partial charge on any atom is 0.239 e. The highest BCUT2D eigenvalue weighted by Gasteiger charge is 2.25. The van der Waals surface area contributed by atoms with Crippen molar-refractivity contribution in [3.05, 3.63) is 0 Å². The topological polar surface area (TPSA) is 58.8 Å². The van der Waals surface area contributed by atoms with Gasteiger partial charge in [-0.25, -0.2) is 0 Å². The van der Waals surface area contributed by atoms with Crippen LogP contribution in [0.2, 0.25) is 0 Å². The first-order chi connectivity index (χ1) is 8.56. The van der Waals surface area contributed by atoms with Crippen LogP contribution >= 0.6 is 12.4 Å². The van der Waals surface area contributed by atoms with E-state index in [2.05, 4.69) is 4.90 Å². The Hall–Kier alpha value is -0.360. The Kier molecular flexibility index (Phi) is 9.35. The van der Waals surface area contributed by atoms with Crippen LogP contribution in [0.15, 0.2) is 0 Å². The number of carbonyl (C=O) groups is 1. The lowest BCUT2D eigenvalue weighted by Gasteiger charge is -2.26. The molecule has 1 heterocycles. The smallest absolute Gasteiger partial charge is 0.239 e. The van der Waals surface area contributed by atoms with Crippen molar-refractivity contribution in [2.75, 3.05) is 46.4 Å². The van der Waals surface area contributed by atoms with Gasteiger partial charge in [-0.05, 0) is 18.9 Å². The SMILES string of the molecule is COCCN1CCCN(C(=O)C(N)C(C)C)CC1.Cl. The van der Waals surface area contributed by atoms with Gasteiger partial charge in [0.1, 0.15) is 0 Å². The zero-order valence-electron chi connectivity index (χ0n) is 12.3.